The second-order valence-corrected chi connectivity index (χ2v) is 6.37. The van der Waals surface area contributed by atoms with Crippen LogP contribution in [-0.4, -0.2) is 6.54 Å². The highest BCUT2D eigenvalue weighted by Gasteiger charge is 2.13. The minimum absolute atomic E-state index is 0.346. The highest BCUT2D eigenvalue weighted by atomic mass is 79.9. The summed E-state index contributed by atoms with van der Waals surface area (Å²) in [5.41, 5.74) is 5.83. The smallest absolute Gasteiger partial charge is 0.0561 e. The fourth-order valence-corrected chi connectivity index (χ4v) is 3.92. The fraction of sp³-hybridized carbons (Fsp3) is 0.167. The molecule has 1 heterocycles. The van der Waals surface area contributed by atoms with Gasteiger partial charge in [-0.25, -0.2) is 0 Å². The molecule has 4 heteroatoms. The highest BCUT2D eigenvalue weighted by Crippen LogP contribution is 2.39. The van der Waals surface area contributed by atoms with E-state index in [1.165, 1.54) is 9.77 Å². The molecule has 2 aromatic rings. The van der Waals surface area contributed by atoms with Crippen molar-refractivity contribution in [3.63, 3.8) is 0 Å². The Hall–Kier alpha value is -0.290. The Balaban J connectivity index is 2.17. The minimum Gasteiger partial charge on any atom is -0.329 e. The molecule has 1 unspecified atom stereocenters. The standard InChI is InChI=1S/C12H12BrNS2/c13-9-4-1-2-5-10(9)16-12(8-14)11-6-3-7-15-11/h1-7,12H,8,14H2. The van der Waals surface area contributed by atoms with Gasteiger partial charge in [0.25, 0.3) is 0 Å². The summed E-state index contributed by atoms with van der Waals surface area (Å²) in [6.45, 7) is 0.659. The zero-order chi connectivity index (χ0) is 11.4. The van der Waals surface area contributed by atoms with Gasteiger partial charge >= 0.3 is 0 Å². The van der Waals surface area contributed by atoms with Gasteiger partial charge in [-0.3, -0.25) is 0 Å². The van der Waals surface area contributed by atoms with Crippen molar-refractivity contribution in [3.05, 3.63) is 51.1 Å². The molecular weight excluding hydrogens is 302 g/mol. The Labute approximate surface area is 112 Å². The van der Waals surface area contributed by atoms with E-state index in [9.17, 15) is 0 Å². The first-order valence-corrected chi connectivity index (χ1v) is 7.51. The molecule has 16 heavy (non-hydrogen) atoms. The molecule has 1 aromatic heterocycles. The lowest BCUT2D eigenvalue weighted by molar-refractivity contribution is 0.960. The third-order valence-electron chi connectivity index (χ3n) is 2.18. The normalized spacial score (nSPS) is 12.6. The third kappa shape index (κ3) is 2.88. The van der Waals surface area contributed by atoms with Gasteiger partial charge < -0.3 is 5.73 Å². The van der Waals surface area contributed by atoms with E-state index in [4.69, 9.17) is 5.73 Å². The number of hydrogen-bond acceptors (Lipinski definition) is 3. The quantitative estimate of drug-likeness (QED) is 0.851. The van der Waals surface area contributed by atoms with Crippen LogP contribution in [0.5, 0.6) is 0 Å². The summed E-state index contributed by atoms with van der Waals surface area (Å²) in [5, 5.41) is 2.44. The lowest BCUT2D eigenvalue weighted by Crippen LogP contribution is -2.07. The van der Waals surface area contributed by atoms with Crippen LogP contribution < -0.4 is 5.73 Å². The molecule has 1 nitrogen and oxygen atoms in total. The van der Waals surface area contributed by atoms with Crippen molar-refractivity contribution in [1.82, 2.24) is 0 Å². The van der Waals surface area contributed by atoms with Crippen molar-refractivity contribution >= 4 is 39.0 Å². The molecule has 0 saturated carbocycles. The molecular formula is C12H12BrNS2. The van der Waals surface area contributed by atoms with Crippen LogP contribution in [0.3, 0.4) is 0 Å². The summed E-state index contributed by atoms with van der Waals surface area (Å²) in [7, 11) is 0. The number of nitrogens with two attached hydrogens (primary N) is 1. The molecule has 0 aliphatic carbocycles. The van der Waals surface area contributed by atoms with E-state index in [2.05, 4.69) is 51.6 Å². The summed E-state index contributed by atoms with van der Waals surface area (Å²) in [5.74, 6) is 0. The number of thioether (sulfide) groups is 1. The number of halogens is 1. The molecule has 2 N–H and O–H groups in total. The number of hydrogen-bond donors (Lipinski definition) is 1. The number of thiophene rings is 1. The van der Waals surface area contributed by atoms with Gasteiger partial charge in [0.15, 0.2) is 0 Å². The number of rotatable bonds is 4. The van der Waals surface area contributed by atoms with Crippen molar-refractivity contribution in [2.24, 2.45) is 5.73 Å². The Morgan fingerprint density at radius 3 is 2.69 bits per heavy atom. The monoisotopic (exact) mass is 313 g/mol. The van der Waals surface area contributed by atoms with Crippen LogP contribution in [0.4, 0.5) is 0 Å². The van der Waals surface area contributed by atoms with E-state index in [-0.39, 0.29) is 0 Å². The zero-order valence-corrected chi connectivity index (χ0v) is 11.8. The predicted molar refractivity (Wildman–Crippen MR) is 76.1 cm³/mol. The van der Waals surface area contributed by atoms with Crippen LogP contribution in [0.1, 0.15) is 10.1 Å². The van der Waals surface area contributed by atoms with Crippen LogP contribution in [0.15, 0.2) is 51.1 Å². The van der Waals surface area contributed by atoms with Crippen LogP contribution in [0, 0.1) is 0 Å². The average Bonchev–Trinajstić information content (AvgIpc) is 2.81. The molecule has 0 saturated heterocycles. The SMILES string of the molecule is NCC(Sc1ccccc1Br)c1cccs1. The van der Waals surface area contributed by atoms with Crippen molar-refractivity contribution in [1.29, 1.82) is 0 Å². The Morgan fingerprint density at radius 2 is 2.06 bits per heavy atom. The van der Waals surface area contributed by atoms with Crippen molar-refractivity contribution in [2.75, 3.05) is 6.54 Å². The molecule has 0 fully saturated rings. The van der Waals surface area contributed by atoms with E-state index in [0.717, 1.165) is 4.47 Å². The maximum absolute atomic E-state index is 5.83. The van der Waals surface area contributed by atoms with Gasteiger partial charge in [-0.05, 0) is 39.5 Å². The van der Waals surface area contributed by atoms with Crippen LogP contribution in [0.2, 0.25) is 0 Å². The Kier molecular flexibility index (Phi) is 4.46. The molecule has 2 rings (SSSR count). The van der Waals surface area contributed by atoms with Gasteiger partial charge in [0, 0.05) is 20.8 Å². The molecule has 0 aliphatic rings. The Morgan fingerprint density at radius 1 is 1.25 bits per heavy atom. The Bertz CT molecular complexity index is 442. The van der Waals surface area contributed by atoms with E-state index < -0.39 is 0 Å². The van der Waals surface area contributed by atoms with E-state index in [1.54, 1.807) is 11.3 Å². The van der Waals surface area contributed by atoms with Crippen LogP contribution in [0.25, 0.3) is 0 Å². The summed E-state index contributed by atoms with van der Waals surface area (Å²) in [4.78, 5) is 2.58. The molecule has 0 radical (unpaired) electrons. The molecule has 1 atom stereocenters. The average molecular weight is 314 g/mol. The lowest BCUT2D eigenvalue weighted by atomic mass is 10.3. The first-order valence-electron chi connectivity index (χ1n) is 4.96. The van der Waals surface area contributed by atoms with Gasteiger partial charge in [-0.2, -0.15) is 0 Å². The summed E-state index contributed by atoms with van der Waals surface area (Å²) in [6.07, 6.45) is 0. The van der Waals surface area contributed by atoms with E-state index in [0.29, 0.717) is 11.8 Å². The van der Waals surface area contributed by atoms with E-state index in [1.807, 2.05) is 17.8 Å². The highest BCUT2D eigenvalue weighted by molar-refractivity contribution is 9.10. The fourth-order valence-electron chi connectivity index (χ4n) is 1.39. The topological polar surface area (TPSA) is 26.0 Å². The molecule has 0 bridgehead atoms. The first kappa shape index (κ1) is 12.2. The number of benzene rings is 1. The molecule has 0 spiro atoms. The molecule has 0 aliphatic heterocycles. The van der Waals surface area contributed by atoms with Gasteiger partial charge in [-0.15, -0.1) is 23.1 Å². The van der Waals surface area contributed by atoms with Gasteiger partial charge in [0.1, 0.15) is 0 Å². The van der Waals surface area contributed by atoms with Gasteiger partial charge in [0.2, 0.25) is 0 Å². The predicted octanol–water partition coefficient (Wildman–Crippen LogP) is 4.30. The zero-order valence-electron chi connectivity index (χ0n) is 8.60. The maximum Gasteiger partial charge on any atom is 0.0561 e. The second-order valence-electron chi connectivity index (χ2n) is 3.29. The molecule has 84 valence electrons. The van der Waals surface area contributed by atoms with Gasteiger partial charge in [0.05, 0.1) is 5.25 Å². The first-order chi connectivity index (χ1) is 7.81. The molecule has 1 aromatic carbocycles. The largest absolute Gasteiger partial charge is 0.329 e. The maximum atomic E-state index is 5.83. The van der Waals surface area contributed by atoms with Gasteiger partial charge in [-0.1, -0.05) is 18.2 Å². The molecule has 0 amide bonds. The second kappa shape index (κ2) is 5.87. The minimum atomic E-state index is 0.346. The van der Waals surface area contributed by atoms with Crippen LogP contribution >= 0.6 is 39.0 Å². The summed E-state index contributed by atoms with van der Waals surface area (Å²) >= 11 is 7.14. The van der Waals surface area contributed by atoms with Crippen molar-refractivity contribution in [2.45, 2.75) is 10.1 Å². The summed E-state index contributed by atoms with van der Waals surface area (Å²) in [6, 6.07) is 12.5. The van der Waals surface area contributed by atoms with Crippen molar-refractivity contribution in [3.8, 4) is 0 Å². The lowest BCUT2D eigenvalue weighted by Gasteiger charge is -2.13. The van der Waals surface area contributed by atoms with E-state index >= 15 is 0 Å². The van der Waals surface area contributed by atoms with Crippen LogP contribution in [-0.2, 0) is 0 Å². The van der Waals surface area contributed by atoms with Crippen molar-refractivity contribution < 1.29 is 0 Å². The third-order valence-corrected chi connectivity index (χ3v) is 5.61. The summed E-state index contributed by atoms with van der Waals surface area (Å²) < 4.78 is 1.13.